The van der Waals surface area contributed by atoms with Crippen molar-refractivity contribution in [2.75, 3.05) is 0 Å². The van der Waals surface area contributed by atoms with Crippen LogP contribution in [0.25, 0.3) is 0 Å². The SMILES string of the molecule is OCc1cccc(COC(F)F)n1. The average Bonchev–Trinajstić information content (AvgIpc) is 2.15. The van der Waals surface area contributed by atoms with E-state index in [1.807, 2.05) is 0 Å². The minimum absolute atomic E-state index is 0.206. The van der Waals surface area contributed by atoms with E-state index in [4.69, 9.17) is 5.11 Å². The van der Waals surface area contributed by atoms with Crippen molar-refractivity contribution in [1.29, 1.82) is 0 Å². The highest BCUT2D eigenvalue weighted by molar-refractivity contribution is 5.09. The van der Waals surface area contributed by atoms with Crippen LogP contribution in [-0.2, 0) is 18.0 Å². The van der Waals surface area contributed by atoms with Crippen LogP contribution in [0, 0.1) is 0 Å². The van der Waals surface area contributed by atoms with Gasteiger partial charge in [-0.1, -0.05) is 6.07 Å². The summed E-state index contributed by atoms with van der Waals surface area (Å²) < 4.78 is 27.3. The Bertz CT molecular complexity index is 268. The van der Waals surface area contributed by atoms with Gasteiger partial charge in [0.2, 0.25) is 0 Å². The van der Waals surface area contributed by atoms with Gasteiger partial charge >= 0.3 is 6.61 Å². The van der Waals surface area contributed by atoms with Crippen LogP contribution >= 0.6 is 0 Å². The molecule has 0 saturated heterocycles. The summed E-state index contributed by atoms with van der Waals surface area (Å²) in [6.07, 6.45) is 0. The second kappa shape index (κ2) is 4.84. The number of aliphatic hydroxyl groups is 1. The Morgan fingerprint density at radius 3 is 2.69 bits per heavy atom. The summed E-state index contributed by atoms with van der Waals surface area (Å²) >= 11 is 0. The standard InChI is InChI=1S/C8H9F2NO2/c9-8(10)13-5-7-3-1-2-6(4-12)11-7/h1-3,8,12H,4-5H2. The monoisotopic (exact) mass is 189 g/mol. The maximum Gasteiger partial charge on any atom is 0.345 e. The van der Waals surface area contributed by atoms with Gasteiger partial charge in [-0.2, -0.15) is 8.78 Å². The van der Waals surface area contributed by atoms with Crippen molar-refractivity contribution in [1.82, 2.24) is 4.98 Å². The predicted molar refractivity (Wildman–Crippen MR) is 41.0 cm³/mol. The number of pyridine rings is 1. The van der Waals surface area contributed by atoms with Crippen molar-refractivity contribution in [3.63, 3.8) is 0 Å². The number of nitrogens with zero attached hydrogens (tertiary/aromatic N) is 1. The van der Waals surface area contributed by atoms with Crippen LogP contribution in [0.3, 0.4) is 0 Å². The number of alkyl halides is 2. The highest BCUT2D eigenvalue weighted by Gasteiger charge is 2.03. The van der Waals surface area contributed by atoms with Gasteiger partial charge in [0.25, 0.3) is 0 Å². The van der Waals surface area contributed by atoms with Crippen LogP contribution in [0.1, 0.15) is 11.4 Å². The van der Waals surface area contributed by atoms with E-state index in [-0.39, 0.29) is 13.2 Å². The smallest absolute Gasteiger partial charge is 0.345 e. The van der Waals surface area contributed by atoms with Crippen LogP contribution in [0.4, 0.5) is 8.78 Å². The highest BCUT2D eigenvalue weighted by atomic mass is 19.3. The Morgan fingerprint density at radius 1 is 1.38 bits per heavy atom. The van der Waals surface area contributed by atoms with Gasteiger partial charge in [0, 0.05) is 0 Å². The molecule has 0 radical (unpaired) electrons. The molecular formula is C8H9F2NO2. The molecule has 5 heteroatoms. The first-order valence-corrected chi connectivity index (χ1v) is 3.68. The molecule has 0 bridgehead atoms. The number of aliphatic hydroxyl groups excluding tert-OH is 1. The van der Waals surface area contributed by atoms with E-state index in [9.17, 15) is 8.78 Å². The molecule has 0 aliphatic carbocycles. The van der Waals surface area contributed by atoms with Gasteiger partial charge in [-0.3, -0.25) is 4.98 Å². The third-order valence-electron chi connectivity index (χ3n) is 1.38. The average molecular weight is 189 g/mol. The minimum atomic E-state index is -2.79. The molecule has 1 aromatic heterocycles. The fourth-order valence-electron chi connectivity index (χ4n) is 0.846. The van der Waals surface area contributed by atoms with Gasteiger partial charge in [-0.05, 0) is 12.1 Å². The molecular weight excluding hydrogens is 180 g/mol. The summed E-state index contributed by atoms with van der Waals surface area (Å²) in [6.45, 7) is -3.24. The molecule has 72 valence electrons. The highest BCUT2D eigenvalue weighted by Crippen LogP contribution is 2.04. The summed E-state index contributed by atoms with van der Waals surface area (Å²) in [7, 11) is 0. The largest absolute Gasteiger partial charge is 0.390 e. The second-order valence-corrected chi connectivity index (χ2v) is 2.35. The first kappa shape index (κ1) is 10.0. The first-order chi connectivity index (χ1) is 6.22. The molecule has 0 aliphatic heterocycles. The zero-order valence-corrected chi connectivity index (χ0v) is 6.78. The Morgan fingerprint density at radius 2 is 2.08 bits per heavy atom. The van der Waals surface area contributed by atoms with Crippen LogP contribution in [-0.4, -0.2) is 16.7 Å². The van der Waals surface area contributed by atoms with Crippen LogP contribution in [0.5, 0.6) is 0 Å². The molecule has 0 amide bonds. The second-order valence-electron chi connectivity index (χ2n) is 2.35. The summed E-state index contributed by atoms with van der Waals surface area (Å²) in [6, 6.07) is 4.79. The first-order valence-electron chi connectivity index (χ1n) is 3.68. The van der Waals surface area contributed by atoms with E-state index in [1.165, 1.54) is 0 Å². The lowest BCUT2D eigenvalue weighted by molar-refractivity contribution is -0.138. The quantitative estimate of drug-likeness (QED) is 0.776. The van der Waals surface area contributed by atoms with Crippen LogP contribution < -0.4 is 0 Å². The molecule has 13 heavy (non-hydrogen) atoms. The Kier molecular flexibility index (Phi) is 3.72. The van der Waals surface area contributed by atoms with E-state index < -0.39 is 6.61 Å². The zero-order valence-electron chi connectivity index (χ0n) is 6.78. The molecule has 0 saturated carbocycles. The van der Waals surface area contributed by atoms with E-state index in [0.717, 1.165) is 0 Å². The van der Waals surface area contributed by atoms with Crippen molar-refractivity contribution in [3.8, 4) is 0 Å². The van der Waals surface area contributed by atoms with Crippen LogP contribution in [0.15, 0.2) is 18.2 Å². The number of halogens is 2. The Balaban J connectivity index is 2.56. The van der Waals surface area contributed by atoms with Crippen molar-refractivity contribution in [2.24, 2.45) is 0 Å². The van der Waals surface area contributed by atoms with Crippen molar-refractivity contribution in [2.45, 2.75) is 19.8 Å². The predicted octanol–water partition coefficient (Wildman–Crippen LogP) is 1.31. The third-order valence-corrected chi connectivity index (χ3v) is 1.38. The fraction of sp³-hybridized carbons (Fsp3) is 0.375. The Labute approximate surface area is 74.0 Å². The third kappa shape index (κ3) is 3.43. The Hall–Kier alpha value is -1.07. The lowest BCUT2D eigenvalue weighted by Crippen LogP contribution is -2.02. The molecule has 0 atom stereocenters. The summed E-state index contributed by atoms with van der Waals surface area (Å²) in [5.41, 5.74) is 0.821. The molecule has 0 aromatic carbocycles. The number of rotatable bonds is 4. The molecule has 0 aliphatic rings. The topological polar surface area (TPSA) is 42.4 Å². The number of aromatic nitrogens is 1. The zero-order chi connectivity index (χ0) is 9.68. The molecule has 1 N–H and O–H groups in total. The van der Waals surface area contributed by atoms with Crippen molar-refractivity contribution >= 4 is 0 Å². The fourth-order valence-corrected chi connectivity index (χ4v) is 0.846. The maximum absolute atomic E-state index is 11.6. The summed E-state index contributed by atoms with van der Waals surface area (Å²) in [5, 5.41) is 8.69. The maximum atomic E-state index is 11.6. The van der Waals surface area contributed by atoms with Gasteiger partial charge < -0.3 is 9.84 Å². The number of ether oxygens (including phenoxy) is 1. The van der Waals surface area contributed by atoms with E-state index in [1.54, 1.807) is 18.2 Å². The molecule has 3 nitrogen and oxygen atoms in total. The molecule has 0 fully saturated rings. The van der Waals surface area contributed by atoms with Crippen LogP contribution in [0.2, 0.25) is 0 Å². The number of hydrogen-bond donors (Lipinski definition) is 1. The molecule has 1 heterocycles. The van der Waals surface area contributed by atoms with E-state index in [0.29, 0.717) is 11.4 Å². The van der Waals surface area contributed by atoms with Crippen molar-refractivity contribution in [3.05, 3.63) is 29.6 Å². The van der Waals surface area contributed by atoms with E-state index >= 15 is 0 Å². The number of hydrogen-bond acceptors (Lipinski definition) is 3. The normalized spacial score (nSPS) is 10.8. The van der Waals surface area contributed by atoms with Gasteiger partial charge in [0.05, 0.1) is 24.6 Å². The summed E-state index contributed by atoms with van der Waals surface area (Å²) in [5.74, 6) is 0. The summed E-state index contributed by atoms with van der Waals surface area (Å²) in [4.78, 5) is 3.85. The molecule has 1 rings (SSSR count). The van der Waals surface area contributed by atoms with E-state index in [2.05, 4.69) is 9.72 Å². The minimum Gasteiger partial charge on any atom is -0.390 e. The molecule has 0 unspecified atom stereocenters. The van der Waals surface area contributed by atoms with Gasteiger partial charge in [-0.15, -0.1) is 0 Å². The van der Waals surface area contributed by atoms with Gasteiger partial charge in [-0.25, -0.2) is 0 Å². The van der Waals surface area contributed by atoms with Gasteiger partial charge in [0.15, 0.2) is 0 Å². The lowest BCUT2D eigenvalue weighted by Gasteiger charge is -2.02. The lowest BCUT2D eigenvalue weighted by atomic mass is 10.3. The molecule has 0 spiro atoms. The van der Waals surface area contributed by atoms with Crippen molar-refractivity contribution < 1.29 is 18.6 Å². The molecule has 1 aromatic rings. The van der Waals surface area contributed by atoms with Gasteiger partial charge in [0.1, 0.15) is 0 Å².